The van der Waals surface area contributed by atoms with Gasteiger partial charge >= 0.3 is 0 Å². The van der Waals surface area contributed by atoms with Crippen LogP contribution in [0.3, 0.4) is 0 Å². The Kier molecular flexibility index (Phi) is 5.79. The average Bonchev–Trinajstić information content (AvgIpc) is 2.83. The van der Waals surface area contributed by atoms with Gasteiger partial charge in [0.1, 0.15) is 11.3 Å². The summed E-state index contributed by atoms with van der Waals surface area (Å²) >= 11 is 1.64. The molecule has 2 aliphatic rings. The summed E-state index contributed by atoms with van der Waals surface area (Å²) in [5.74, 6) is 0.843. The van der Waals surface area contributed by atoms with Crippen molar-refractivity contribution in [1.29, 1.82) is 0 Å². The van der Waals surface area contributed by atoms with E-state index in [-0.39, 0.29) is 28.5 Å². The van der Waals surface area contributed by atoms with Crippen LogP contribution in [0.1, 0.15) is 19.3 Å². The van der Waals surface area contributed by atoms with E-state index in [4.69, 9.17) is 15.7 Å². The lowest BCUT2D eigenvalue weighted by Gasteiger charge is -2.41. The van der Waals surface area contributed by atoms with Crippen molar-refractivity contribution in [1.82, 2.24) is 10.1 Å². The van der Waals surface area contributed by atoms with Crippen molar-refractivity contribution < 1.29 is 14.7 Å². The van der Waals surface area contributed by atoms with Crippen molar-refractivity contribution in [2.24, 2.45) is 11.7 Å². The second kappa shape index (κ2) is 7.17. The third-order valence-electron chi connectivity index (χ3n) is 4.18. The van der Waals surface area contributed by atoms with E-state index in [0.717, 1.165) is 12.3 Å². The topological polar surface area (TPSA) is 102 Å². The standard InChI is InChI=1S/C12H22N3O4S/c1-19-11-3-2-8(6-9(11)15(17)18)10(16)7-14-4-5-20-12(14)13/h8-9,11-12,17H,2-7,13H2,1H3/q-1. The molecule has 0 aromatic rings. The van der Waals surface area contributed by atoms with Crippen LogP contribution in [0, 0.1) is 11.1 Å². The van der Waals surface area contributed by atoms with Gasteiger partial charge in [-0.15, -0.1) is 11.8 Å². The summed E-state index contributed by atoms with van der Waals surface area (Å²) in [5, 5.41) is 20.3. The van der Waals surface area contributed by atoms with Crippen molar-refractivity contribution in [3.63, 3.8) is 0 Å². The SMILES string of the molecule is COC1CCC(C(=O)CN2CCSC2N)CC1N([O-])O. The highest BCUT2D eigenvalue weighted by Gasteiger charge is 2.36. The summed E-state index contributed by atoms with van der Waals surface area (Å²) in [6.07, 6.45) is 1.33. The van der Waals surface area contributed by atoms with E-state index in [1.807, 2.05) is 4.90 Å². The maximum absolute atomic E-state index is 12.3. The number of rotatable bonds is 5. The molecule has 1 aliphatic heterocycles. The van der Waals surface area contributed by atoms with Gasteiger partial charge in [-0.05, 0) is 19.3 Å². The zero-order valence-electron chi connectivity index (χ0n) is 11.6. The molecule has 0 spiro atoms. The molecule has 8 heteroatoms. The monoisotopic (exact) mass is 304 g/mol. The minimum atomic E-state index is -0.663. The summed E-state index contributed by atoms with van der Waals surface area (Å²) in [4.78, 5) is 14.3. The molecule has 0 aromatic carbocycles. The second-order valence-corrected chi connectivity index (χ2v) is 6.58. The Bertz CT molecular complexity index is 345. The van der Waals surface area contributed by atoms with E-state index in [1.165, 1.54) is 7.11 Å². The molecule has 3 N–H and O–H groups in total. The van der Waals surface area contributed by atoms with E-state index in [0.29, 0.717) is 25.8 Å². The quantitative estimate of drug-likeness (QED) is 0.695. The van der Waals surface area contributed by atoms with Crippen molar-refractivity contribution in [3.8, 4) is 0 Å². The first kappa shape index (κ1) is 16.2. The molecule has 1 saturated heterocycles. The smallest absolute Gasteiger partial charge is 0.150 e. The predicted octanol–water partition coefficient (Wildman–Crippen LogP) is 0.219. The first-order valence-electron chi connectivity index (χ1n) is 6.85. The highest BCUT2D eigenvalue weighted by Crippen LogP contribution is 2.30. The molecule has 4 atom stereocenters. The van der Waals surface area contributed by atoms with Gasteiger partial charge in [-0.1, -0.05) is 0 Å². The fourth-order valence-corrected chi connectivity index (χ4v) is 3.91. The molecule has 1 saturated carbocycles. The van der Waals surface area contributed by atoms with Crippen LogP contribution < -0.4 is 5.73 Å². The molecular weight excluding hydrogens is 282 g/mol. The average molecular weight is 304 g/mol. The lowest BCUT2D eigenvalue weighted by Crippen LogP contribution is -2.47. The molecule has 2 rings (SSSR count). The van der Waals surface area contributed by atoms with Crippen LogP contribution in [0.15, 0.2) is 0 Å². The van der Waals surface area contributed by atoms with Gasteiger partial charge in [0.15, 0.2) is 0 Å². The zero-order valence-corrected chi connectivity index (χ0v) is 12.4. The van der Waals surface area contributed by atoms with E-state index in [1.54, 1.807) is 11.8 Å². The maximum atomic E-state index is 12.3. The van der Waals surface area contributed by atoms with E-state index in [9.17, 15) is 10.0 Å². The summed E-state index contributed by atoms with van der Waals surface area (Å²) in [6, 6.07) is -0.663. The highest BCUT2D eigenvalue weighted by atomic mass is 32.2. The van der Waals surface area contributed by atoms with Gasteiger partial charge in [0.2, 0.25) is 0 Å². The Morgan fingerprint density at radius 2 is 2.35 bits per heavy atom. The molecule has 1 heterocycles. The molecular formula is C12H22N3O4S-. The summed E-state index contributed by atoms with van der Waals surface area (Å²) in [7, 11) is 1.52. The Labute approximate surface area is 122 Å². The predicted molar refractivity (Wildman–Crippen MR) is 75.9 cm³/mol. The van der Waals surface area contributed by atoms with Crippen molar-refractivity contribution in [2.45, 2.75) is 36.9 Å². The number of thioether (sulfide) groups is 1. The molecule has 4 unspecified atom stereocenters. The first-order valence-corrected chi connectivity index (χ1v) is 7.89. The molecule has 0 bridgehead atoms. The van der Waals surface area contributed by atoms with E-state index < -0.39 is 6.04 Å². The van der Waals surface area contributed by atoms with Crippen molar-refractivity contribution in [3.05, 3.63) is 5.21 Å². The lowest BCUT2D eigenvalue weighted by molar-refractivity contribution is -0.147. The number of nitrogens with zero attached hydrogens (tertiary/aromatic N) is 2. The van der Waals surface area contributed by atoms with E-state index in [2.05, 4.69) is 0 Å². The van der Waals surface area contributed by atoms with Crippen LogP contribution in [-0.4, -0.2) is 64.7 Å². The van der Waals surface area contributed by atoms with Crippen LogP contribution >= 0.6 is 11.8 Å². The number of hydroxylamine groups is 2. The Hall–Kier alpha value is -0.220. The van der Waals surface area contributed by atoms with Gasteiger partial charge < -0.3 is 20.9 Å². The number of hydrogen-bond acceptors (Lipinski definition) is 8. The minimum absolute atomic E-state index is 0.0644. The van der Waals surface area contributed by atoms with Crippen LogP contribution in [-0.2, 0) is 9.53 Å². The Balaban J connectivity index is 1.90. The van der Waals surface area contributed by atoms with Gasteiger partial charge in [0.05, 0.1) is 12.6 Å². The van der Waals surface area contributed by atoms with Gasteiger partial charge in [0, 0.05) is 31.4 Å². The number of Topliss-reactive ketones (excluding diaryl/α,β-unsaturated/α-hetero) is 1. The molecule has 0 radical (unpaired) electrons. The molecule has 7 nitrogen and oxygen atoms in total. The number of carbonyl (C=O) groups excluding carboxylic acids is 1. The summed E-state index contributed by atoms with van der Waals surface area (Å²) in [6.45, 7) is 1.15. The fourth-order valence-electron chi connectivity index (χ4n) is 2.94. The number of ether oxygens (including phenoxy) is 1. The molecule has 1 aliphatic carbocycles. The van der Waals surface area contributed by atoms with Crippen LogP contribution in [0.25, 0.3) is 0 Å². The Morgan fingerprint density at radius 1 is 1.60 bits per heavy atom. The minimum Gasteiger partial charge on any atom is -0.762 e. The molecule has 0 aromatic heterocycles. The molecule has 2 fully saturated rings. The number of methoxy groups -OCH3 is 1. The molecule has 20 heavy (non-hydrogen) atoms. The highest BCUT2D eigenvalue weighted by molar-refractivity contribution is 8.00. The van der Waals surface area contributed by atoms with Crippen LogP contribution in [0.2, 0.25) is 0 Å². The van der Waals surface area contributed by atoms with Gasteiger partial charge in [-0.25, -0.2) is 0 Å². The van der Waals surface area contributed by atoms with Crippen molar-refractivity contribution in [2.75, 3.05) is 26.0 Å². The summed E-state index contributed by atoms with van der Waals surface area (Å²) in [5.41, 5.74) is 5.78. The van der Waals surface area contributed by atoms with Gasteiger partial charge in [0.25, 0.3) is 0 Å². The number of ketones is 1. The third-order valence-corrected chi connectivity index (χ3v) is 5.24. The lowest BCUT2D eigenvalue weighted by atomic mass is 9.81. The molecule has 0 amide bonds. The largest absolute Gasteiger partial charge is 0.762 e. The van der Waals surface area contributed by atoms with Gasteiger partial charge in [-0.3, -0.25) is 14.9 Å². The first-order chi connectivity index (χ1) is 9.52. The summed E-state index contributed by atoms with van der Waals surface area (Å²) < 4.78 is 5.20. The molecule has 116 valence electrons. The van der Waals surface area contributed by atoms with Crippen LogP contribution in [0.5, 0.6) is 0 Å². The maximum Gasteiger partial charge on any atom is 0.150 e. The number of nitrogens with two attached hydrogens (primary N) is 1. The number of hydrogen-bond donors (Lipinski definition) is 2. The van der Waals surface area contributed by atoms with Gasteiger partial charge in [-0.2, -0.15) is 0 Å². The van der Waals surface area contributed by atoms with Crippen molar-refractivity contribution >= 4 is 17.5 Å². The van der Waals surface area contributed by atoms with E-state index >= 15 is 0 Å². The number of carbonyl (C=O) groups is 1. The van der Waals surface area contributed by atoms with Crippen LogP contribution in [0.4, 0.5) is 0 Å². The Morgan fingerprint density at radius 3 is 2.90 bits per heavy atom. The second-order valence-electron chi connectivity index (χ2n) is 5.35. The fraction of sp³-hybridized carbons (Fsp3) is 0.917. The normalized spacial score (nSPS) is 35.6. The third kappa shape index (κ3) is 3.70. The zero-order chi connectivity index (χ0) is 14.7.